The summed E-state index contributed by atoms with van der Waals surface area (Å²) in [6.07, 6.45) is 0.431. The molecule has 0 amide bonds. The first kappa shape index (κ1) is 7.41. The topological polar surface area (TPSA) is 81.9 Å². The molecule has 2 rings (SSSR count). The summed E-state index contributed by atoms with van der Waals surface area (Å²) >= 11 is 0. The van der Waals surface area contributed by atoms with E-state index in [1.165, 1.54) is 4.68 Å². The smallest absolute Gasteiger partial charge is 0.246 e. The lowest BCUT2D eigenvalue weighted by Crippen LogP contribution is -2.01. The first-order valence-electron chi connectivity index (χ1n) is 3.26. The van der Waals surface area contributed by atoms with Gasteiger partial charge < -0.3 is 0 Å². The number of nitrogens with zero attached hydrogens (tertiary/aromatic N) is 3. The molecule has 2 heterocycles. The summed E-state index contributed by atoms with van der Waals surface area (Å²) in [5.74, 6) is -0.0464. The monoisotopic (exact) mass is 187 g/mol. The van der Waals surface area contributed by atoms with Crippen LogP contribution in [0.1, 0.15) is 10.6 Å². The average Bonchev–Trinajstić information content (AvgIpc) is 2.53. The minimum atomic E-state index is -3.26. The molecule has 7 heteroatoms. The van der Waals surface area contributed by atoms with E-state index in [4.69, 9.17) is 0 Å². The Kier molecular flexibility index (Phi) is 1.31. The number of rotatable bonds is 1. The van der Waals surface area contributed by atoms with E-state index in [-0.39, 0.29) is 16.7 Å². The van der Waals surface area contributed by atoms with Crippen LogP contribution in [-0.2, 0) is 16.4 Å². The number of aldehydes is 1. The molecule has 0 N–H and O–H groups in total. The summed E-state index contributed by atoms with van der Waals surface area (Å²) in [6.45, 7) is 0.290. The largest absolute Gasteiger partial charge is 0.294 e. The molecule has 6 nitrogen and oxygen atoms in total. The third-order valence-electron chi connectivity index (χ3n) is 1.61. The van der Waals surface area contributed by atoms with E-state index in [0.717, 1.165) is 0 Å². The Bertz CT molecular complexity index is 433. The predicted octanol–water partition coefficient (Wildman–Crippen LogP) is -1.12. The van der Waals surface area contributed by atoms with Crippen LogP contribution in [0.2, 0.25) is 0 Å². The average molecular weight is 187 g/mol. The normalized spacial score (nSPS) is 19.0. The predicted molar refractivity (Wildman–Crippen MR) is 37.5 cm³/mol. The van der Waals surface area contributed by atoms with Gasteiger partial charge in [-0.25, -0.2) is 13.1 Å². The standard InChI is InChI=1S/C5H5N3O3S/c9-3-4-6-5-8(7-4)1-2-12(5,10)11/h3H,1-2H2. The maximum absolute atomic E-state index is 11.1. The second-order valence-corrected chi connectivity index (χ2v) is 4.42. The molecule has 0 saturated carbocycles. The van der Waals surface area contributed by atoms with Gasteiger partial charge in [0.1, 0.15) is 0 Å². The van der Waals surface area contributed by atoms with Gasteiger partial charge in [-0.2, -0.15) is 4.98 Å². The van der Waals surface area contributed by atoms with Crippen molar-refractivity contribution in [3.05, 3.63) is 5.82 Å². The van der Waals surface area contributed by atoms with Crippen molar-refractivity contribution < 1.29 is 13.2 Å². The molecule has 1 aromatic heterocycles. The highest BCUT2D eigenvalue weighted by atomic mass is 32.2. The molecule has 64 valence electrons. The summed E-state index contributed by atoms with van der Waals surface area (Å²) in [7, 11) is -3.26. The molecule has 1 aliphatic rings. The zero-order valence-electron chi connectivity index (χ0n) is 5.97. The van der Waals surface area contributed by atoms with E-state index in [9.17, 15) is 13.2 Å². The number of hydrogen-bond donors (Lipinski definition) is 0. The Morgan fingerprint density at radius 3 is 2.83 bits per heavy atom. The van der Waals surface area contributed by atoms with Crippen LogP contribution in [0.3, 0.4) is 0 Å². The van der Waals surface area contributed by atoms with E-state index in [1.54, 1.807) is 0 Å². The maximum atomic E-state index is 11.1. The number of aromatic nitrogens is 3. The second kappa shape index (κ2) is 2.13. The molecule has 0 atom stereocenters. The van der Waals surface area contributed by atoms with Crippen LogP contribution in [0.25, 0.3) is 0 Å². The van der Waals surface area contributed by atoms with Crippen LogP contribution in [0.5, 0.6) is 0 Å². The Hall–Kier alpha value is -1.24. The number of hydrogen-bond acceptors (Lipinski definition) is 5. The SMILES string of the molecule is O=Cc1nc2n(n1)CCS2(=O)=O. The minimum Gasteiger partial charge on any atom is -0.294 e. The Labute approximate surface area is 68.1 Å². The van der Waals surface area contributed by atoms with Crippen molar-refractivity contribution in [2.45, 2.75) is 11.7 Å². The van der Waals surface area contributed by atoms with Crippen molar-refractivity contribution in [1.82, 2.24) is 14.8 Å². The first-order valence-corrected chi connectivity index (χ1v) is 4.91. The zero-order valence-corrected chi connectivity index (χ0v) is 6.78. The van der Waals surface area contributed by atoms with Crippen LogP contribution in [0.15, 0.2) is 5.16 Å². The van der Waals surface area contributed by atoms with Crippen molar-refractivity contribution in [1.29, 1.82) is 0 Å². The fourth-order valence-corrected chi connectivity index (χ4v) is 2.35. The van der Waals surface area contributed by atoms with Crippen LogP contribution >= 0.6 is 0 Å². The number of aryl methyl sites for hydroxylation is 1. The quantitative estimate of drug-likeness (QED) is 0.520. The van der Waals surface area contributed by atoms with Crippen molar-refractivity contribution >= 4 is 16.1 Å². The Morgan fingerprint density at radius 2 is 2.25 bits per heavy atom. The summed E-state index contributed by atoms with van der Waals surface area (Å²) in [5, 5.41) is 3.57. The summed E-state index contributed by atoms with van der Waals surface area (Å²) in [4.78, 5) is 13.7. The van der Waals surface area contributed by atoms with Crippen LogP contribution in [0.4, 0.5) is 0 Å². The number of sulfone groups is 1. The van der Waals surface area contributed by atoms with Crippen molar-refractivity contribution in [2.75, 3.05) is 5.75 Å². The van der Waals surface area contributed by atoms with E-state index in [0.29, 0.717) is 12.8 Å². The number of fused-ring (bicyclic) bond motifs is 1. The van der Waals surface area contributed by atoms with Crippen molar-refractivity contribution in [3.63, 3.8) is 0 Å². The number of carbonyl (C=O) groups excluding carboxylic acids is 1. The van der Waals surface area contributed by atoms with Gasteiger partial charge in [0.25, 0.3) is 0 Å². The van der Waals surface area contributed by atoms with E-state index < -0.39 is 9.84 Å². The molecule has 1 aliphatic heterocycles. The Morgan fingerprint density at radius 1 is 1.50 bits per heavy atom. The van der Waals surface area contributed by atoms with Gasteiger partial charge in [-0.05, 0) is 0 Å². The highest BCUT2D eigenvalue weighted by Crippen LogP contribution is 2.15. The fourth-order valence-electron chi connectivity index (χ4n) is 1.07. The van der Waals surface area contributed by atoms with E-state index in [2.05, 4.69) is 10.1 Å². The minimum absolute atomic E-state index is 0.0292. The van der Waals surface area contributed by atoms with Gasteiger partial charge in [-0.3, -0.25) is 4.79 Å². The van der Waals surface area contributed by atoms with Crippen LogP contribution in [0, 0.1) is 0 Å². The first-order chi connectivity index (χ1) is 5.63. The zero-order chi connectivity index (χ0) is 8.77. The number of carbonyl (C=O) groups is 1. The lowest BCUT2D eigenvalue weighted by atomic mass is 10.7. The molecule has 0 saturated heterocycles. The fraction of sp³-hybridized carbons (Fsp3) is 0.400. The Balaban J connectivity index is 2.66. The van der Waals surface area contributed by atoms with Gasteiger partial charge in [0.15, 0.2) is 6.29 Å². The van der Waals surface area contributed by atoms with E-state index >= 15 is 0 Å². The summed E-state index contributed by atoms with van der Waals surface area (Å²) in [6, 6.07) is 0. The molecule has 0 aliphatic carbocycles. The second-order valence-electron chi connectivity index (χ2n) is 2.41. The van der Waals surface area contributed by atoms with E-state index in [1.807, 2.05) is 0 Å². The molecule has 0 bridgehead atoms. The highest BCUT2D eigenvalue weighted by molar-refractivity contribution is 7.91. The van der Waals surface area contributed by atoms with Gasteiger partial charge in [0.2, 0.25) is 20.8 Å². The van der Waals surface area contributed by atoms with Gasteiger partial charge in [0.05, 0.1) is 12.3 Å². The third kappa shape index (κ3) is 0.860. The molecule has 0 unspecified atom stereocenters. The molecule has 12 heavy (non-hydrogen) atoms. The van der Waals surface area contributed by atoms with Gasteiger partial charge in [-0.15, -0.1) is 5.10 Å². The summed E-state index contributed by atoms with van der Waals surface area (Å²) < 4.78 is 23.5. The molecular weight excluding hydrogens is 182 g/mol. The molecule has 1 aromatic rings. The van der Waals surface area contributed by atoms with Gasteiger partial charge in [-0.1, -0.05) is 0 Å². The lowest BCUT2D eigenvalue weighted by molar-refractivity contribution is 0.111. The maximum Gasteiger partial charge on any atom is 0.246 e. The molecule has 0 aromatic carbocycles. The third-order valence-corrected chi connectivity index (χ3v) is 3.19. The van der Waals surface area contributed by atoms with Crippen molar-refractivity contribution in [2.24, 2.45) is 0 Å². The highest BCUT2D eigenvalue weighted by Gasteiger charge is 2.30. The van der Waals surface area contributed by atoms with Crippen LogP contribution < -0.4 is 0 Å². The summed E-state index contributed by atoms with van der Waals surface area (Å²) in [5.41, 5.74) is 0. The molecule has 0 spiro atoms. The molecule has 0 radical (unpaired) electrons. The lowest BCUT2D eigenvalue weighted by Gasteiger charge is -1.84. The molecular formula is C5H5N3O3S. The molecule has 0 fully saturated rings. The van der Waals surface area contributed by atoms with Crippen LogP contribution in [-0.4, -0.2) is 35.2 Å². The van der Waals surface area contributed by atoms with Gasteiger partial charge >= 0.3 is 0 Å². The van der Waals surface area contributed by atoms with Gasteiger partial charge in [0, 0.05) is 0 Å². The van der Waals surface area contributed by atoms with Crippen molar-refractivity contribution in [3.8, 4) is 0 Å².